The Morgan fingerprint density at radius 3 is 2.12 bits per heavy atom. The fourth-order valence-electron chi connectivity index (χ4n) is 2.19. The molecule has 2 aromatic rings. The minimum absolute atomic E-state index is 0.209. The van der Waals surface area contributed by atoms with Crippen LogP contribution < -0.4 is 15.4 Å². The van der Waals surface area contributed by atoms with Crippen LogP contribution in [0.1, 0.15) is 48.4 Å². The van der Waals surface area contributed by atoms with E-state index in [1.807, 2.05) is 20.8 Å². The second-order valence-corrected chi connectivity index (χ2v) is 6.86. The molecule has 0 bridgehead atoms. The van der Waals surface area contributed by atoms with Gasteiger partial charge in [0.1, 0.15) is 5.75 Å². The number of nitrogens with one attached hydrogen (secondary N) is 2. The highest BCUT2D eigenvalue weighted by molar-refractivity contribution is 6.05. The van der Waals surface area contributed by atoms with Gasteiger partial charge >= 0.3 is 5.97 Å². The lowest BCUT2D eigenvalue weighted by atomic mass is 10.1. The van der Waals surface area contributed by atoms with Crippen LogP contribution in [0.4, 0.5) is 5.69 Å². The smallest absolute Gasteiger partial charge is 0.308 e. The van der Waals surface area contributed by atoms with Gasteiger partial charge in [-0.05, 0) is 63.2 Å². The topological polar surface area (TPSA) is 84.5 Å². The van der Waals surface area contributed by atoms with Gasteiger partial charge in [0.2, 0.25) is 0 Å². The maximum atomic E-state index is 12.3. The van der Waals surface area contributed by atoms with Crippen molar-refractivity contribution in [3.8, 4) is 5.75 Å². The van der Waals surface area contributed by atoms with Gasteiger partial charge in [0, 0.05) is 29.3 Å². The summed E-state index contributed by atoms with van der Waals surface area (Å²) in [6.45, 7) is 7.01. The quantitative estimate of drug-likeness (QED) is 0.651. The molecule has 0 atom stereocenters. The maximum Gasteiger partial charge on any atom is 0.308 e. The molecule has 0 fully saturated rings. The Kier molecular flexibility index (Phi) is 5.77. The van der Waals surface area contributed by atoms with Gasteiger partial charge in [0.25, 0.3) is 11.8 Å². The van der Waals surface area contributed by atoms with Crippen LogP contribution in [0.25, 0.3) is 0 Å². The third kappa shape index (κ3) is 5.73. The first-order valence-corrected chi connectivity index (χ1v) is 8.16. The van der Waals surface area contributed by atoms with Gasteiger partial charge < -0.3 is 15.4 Å². The van der Waals surface area contributed by atoms with Crippen molar-refractivity contribution in [3.63, 3.8) is 0 Å². The van der Waals surface area contributed by atoms with Crippen molar-refractivity contribution >= 4 is 23.5 Å². The molecule has 2 aromatic carbocycles. The summed E-state index contributed by atoms with van der Waals surface area (Å²) in [6, 6.07) is 12.9. The van der Waals surface area contributed by atoms with Crippen LogP contribution >= 0.6 is 0 Å². The minimum atomic E-state index is -0.424. The van der Waals surface area contributed by atoms with E-state index in [4.69, 9.17) is 4.74 Å². The molecular formula is C20H22N2O4. The predicted octanol–water partition coefficient (Wildman–Crippen LogP) is 3.39. The lowest BCUT2D eigenvalue weighted by molar-refractivity contribution is -0.131. The van der Waals surface area contributed by atoms with Gasteiger partial charge in [-0.25, -0.2) is 0 Å². The molecule has 2 rings (SSSR count). The Balaban J connectivity index is 2.08. The first kappa shape index (κ1) is 19.2. The van der Waals surface area contributed by atoms with Gasteiger partial charge in [0.15, 0.2) is 0 Å². The van der Waals surface area contributed by atoms with Crippen LogP contribution in [0.15, 0.2) is 48.5 Å². The minimum Gasteiger partial charge on any atom is -0.427 e. The number of carbonyl (C=O) groups is 3. The summed E-state index contributed by atoms with van der Waals surface area (Å²) in [4.78, 5) is 35.5. The zero-order valence-electron chi connectivity index (χ0n) is 15.3. The number of benzene rings is 2. The molecule has 136 valence electrons. The van der Waals surface area contributed by atoms with E-state index in [1.165, 1.54) is 6.92 Å². The Bertz CT molecular complexity index is 820. The number of amides is 2. The molecule has 0 saturated heterocycles. The first-order valence-electron chi connectivity index (χ1n) is 8.16. The molecule has 6 nitrogen and oxygen atoms in total. The molecule has 0 saturated carbocycles. The van der Waals surface area contributed by atoms with Gasteiger partial charge in [0.05, 0.1) is 0 Å². The van der Waals surface area contributed by atoms with Crippen LogP contribution in [-0.2, 0) is 4.79 Å². The number of hydrogen-bond acceptors (Lipinski definition) is 4. The molecule has 0 aliphatic carbocycles. The number of hydrogen-bond donors (Lipinski definition) is 2. The van der Waals surface area contributed by atoms with Gasteiger partial charge in [-0.2, -0.15) is 0 Å². The zero-order valence-corrected chi connectivity index (χ0v) is 15.3. The molecule has 2 amide bonds. The first-order chi connectivity index (χ1) is 12.1. The highest BCUT2D eigenvalue weighted by Gasteiger charge is 2.16. The largest absolute Gasteiger partial charge is 0.427 e. The Labute approximate surface area is 152 Å². The molecule has 0 unspecified atom stereocenters. The molecular weight excluding hydrogens is 332 g/mol. The Morgan fingerprint density at radius 2 is 1.54 bits per heavy atom. The van der Waals surface area contributed by atoms with Crippen molar-refractivity contribution in [1.29, 1.82) is 0 Å². The normalized spacial score (nSPS) is 10.8. The molecule has 0 aliphatic heterocycles. The third-order valence-corrected chi connectivity index (χ3v) is 3.25. The summed E-state index contributed by atoms with van der Waals surface area (Å²) < 4.78 is 4.93. The van der Waals surface area contributed by atoms with Crippen LogP contribution in [0, 0.1) is 0 Å². The highest BCUT2D eigenvalue weighted by Crippen LogP contribution is 2.16. The Hall–Kier alpha value is -3.15. The van der Waals surface area contributed by atoms with Crippen molar-refractivity contribution < 1.29 is 19.1 Å². The van der Waals surface area contributed by atoms with E-state index < -0.39 is 5.97 Å². The van der Waals surface area contributed by atoms with Crippen LogP contribution in [0.3, 0.4) is 0 Å². The summed E-state index contributed by atoms with van der Waals surface area (Å²) in [5.74, 6) is -0.588. The average Bonchev–Trinajstić information content (AvgIpc) is 2.53. The van der Waals surface area contributed by atoms with E-state index in [9.17, 15) is 14.4 Å². The summed E-state index contributed by atoms with van der Waals surface area (Å²) in [6.07, 6.45) is 0. The number of anilines is 1. The van der Waals surface area contributed by atoms with Crippen molar-refractivity contribution in [2.75, 3.05) is 5.32 Å². The van der Waals surface area contributed by atoms with Crippen LogP contribution in [0.5, 0.6) is 5.75 Å². The van der Waals surface area contributed by atoms with Gasteiger partial charge in [-0.3, -0.25) is 14.4 Å². The third-order valence-electron chi connectivity index (χ3n) is 3.25. The monoisotopic (exact) mass is 354 g/mol. The fourth-order valence-corrected chi connectivity index (χ4v) is 2.19. The molecule has 0 heterocycles. The average molecular weight is 354 g/mol. The fraction of sp³-hybridized carbons (Fsp3) is 0.250. The maximum absolute atomic E-state index is 12.3. The molecule has 6 heteroatoms. The van der Waals surface area contributed by atoms with E-state index in [-0.39, 0.29) is 17.4 Å². The van der Waals surface area contributed by atoms with E-state index in [0.29, 0.717) is 22.6 Å². The molecule has 2 N–H and O–H groups in total. The summed E-state index contributed by atoms with van der Waals surface area (Å²) in [7, 11) is 0. The molecule has 26 heavy (non-hydrogen) atoms. The van der Waals surface area contributed by atoms with E-state index >= 15 is 0 Å². The van der Waals surface area contributed by atoms with Crippen LogP contribution in [0.2, 0.25) is 0 Å². The van der Waals surface area contributed by atoms with Crippen molar-refractivity contribution in [2.45, 2.75) is 33.2 Å². The SMILES string of the molecule is CC(=O)Oc1ccc(C(=O)Nc2cccc(C(=O)NC(C)(C)C)c2)cc1. The second kappa shape index (κ2) is 7.82. The predicted molar refractivity (Wildman–Crippen MR) is 99.4 cm³/mol. The van der Waals surface area contributed by atoms with Crippen molar-refractivity contribution in [3.05, 3.63) is 59.7 Å². The number of esters is 1. The second-order valence-electron chi connectivity index (χ2n) is 6.86. The number of carbonyl (C=O) groups excluding carboxylic acids is 3. The van der Waals surface area contributed by atoms with Crippen molar-refractivity contribution in [2.24, 2.45) is 0 Å². The molecule has 0 radical (unpaired) electrons. The Morgan fingerprint density at radius 1 is 0.885 bits per heavy atom. The van der Waals surface area contributed by atoms with E-state index in [2.05, 4.69) is 10.6 Å². The number of ether oxygens (including phenoxy) is 1. The summed E-state index contributed by atoms with van der Waals surface area (Å²) in [5.41, 5.74) is 1.04. The molecule has 0 aromatic heterocycles. The lowest BCUT2D eigenvalue weighted by Crippen LogP contribution is -2.40. The molecule has 0 aliphatic rings. The molecule has 0 spiro atoms. The summed E-state index contributed by atoms with van der Waals surface area (Å²) in [5, 5.41) is 5.63. The van der Waals surface area contributed by atoms with Crippen molar-refractivity contribution in [1.82, 2.24) is 5.32 Å². The lowest BCUT2D eigenvalue weighted by Gasteiger charge is -2.20. The zero-order chi connectivity index (χ0) is 19.3. The standard InChI is InChI=1S/C20H22N2O4/c1-13(23)26-17-10-8-14(9-11-17)18(24)21-16-7-5-6-15(12-16)19(25)22-20(2,3)4/h5-12H,1-4H3,(H,21,24)(H,22,25). The van der Waals surface area contributed by atoms with E-state index in [1.54, 1.807) is 48.5 Å². The summed E-state index contributed by atoms with van der Waals surface area (Å²) >= 11 is 0. The highest BCUT2D eigenvalue weighted by atomic mass is 16.5. The van der Waals surface area contributed by atoms with E-state index in [0.717, 1.165) is 0 Å². The van der Waals surface area contributed by atoms with Gasteiger partial charge in [-0.1, -0.05) is 6.07 Å². The number of rotatable bonds is 4. The van der Waals surface area contributed by atoms with Crippen LogP contribution in [-0.4, -0.2) is 23.3 Å². The van der Waals surface area contributed by atoms with Gasteiger partial charge in [-0.15, -0.1) is 0 Å².